The van der Waals surface area contributed by atoms with E-state index in [1.54, 1.807) is 27.7 Å². The van der Waals surface area contributed by atoms with E-state index in [0.717, 1.165) is 0 Å². The third kappa shape index (κ3) is 32.0. The number of hydrogen-bond acceptors (Lipinski definition) is 15. The zero-order valence-electron chi connectivity index (χ0n) is 54.3. The van der Waals surface area contributed by atoms with E-state index in [1.807, 2.05) is 41.5 Å². The summed E-state index contributed by atoms with van der Waals surface area (Å²) in [4.78, 5) is 147. The second-order valence-corrected chi connectivity index (χ2v) is 25.0. The Balaban J connectivity index is 2.46. The van der Waals surface area contributed by atoms with Crippen molar-refractivity contribution in [2.75, 3.05) is 19.6 Å². The van der Waals surface area contributed by atoms with Gasteiger partial charge in [-0.15, -0.1) is 0 Å². The van der Waals surface area contributed by atoms with E-state index in [-0.39, 0.29) is 130 Å². The summed E-state index contributed by atoms with van der Waals surface area (Å²) in [7, 11) is 0. The standard InChI is InChI=1S/C62H102N16O13/c1-33(2)25-44(73-52(82)42(63)13-11-23-68-61(64)65)56(86)76-47(28-36(7)8)58(88)75-45(26-34(3)4)55(85)72-43(14-12-24-69-62(66)67)54(84)74-46(27-35(5)6)57(87)77-48(29-37(9)10)59(89)78-49(30-38-15-19-40(79)20-16-38)53(83)70-32-51(81)71-50(60(90)91)31-39-17-21-41(80)22-18-39/h15-22,33-37,42-50,79-80H,11-14,23-32,63H2,1-10H3,(H,70,83)(H,71,81)(H,72,85)(H,73,82)(H,74,84)(H,75,88)(H,76,86)(H,77,87)(H,78,89)(H,90,91)(H4,64,65,68)(H4,66,67,69)/t42-,43-,44-,45-,46-,47-,48-,49-,50-/m0/s1. The van der Waals surface area contributed by atoms with Crippen LogP contribution >= 0.6 is 0 Å². The van der Waals surface area contributed by atoms with Gasteiger partial charge in [-0.3, -0.25) is 53.1 Å². The largest absolute Gasteiger partial charge is 0.508 e. The average Bonchev–Trinajstić information content (AvgIpc) is 1.39. The molecule has 0 bridgehead atoms. The number of aliphatic imine (C=N–C) groups is 2. The van der Waals surface area contributed by atoms with Crippen molar-refractivity contribution in [3.63, 3.8) is 0 Å². The van der Waals surface area contributed by atoms with Gasteiger partial charge in [-0.2, -0.15) is 0 Å². The topological polar surface area (TPSA) is 494 Å². The number of nitrogens with zero attached hydrogens (tertiary/aromatic N) is 2. The number of phenols is 2. The number of aromatic hydroxyl groups is 2. The lowest BCUT2D eigenvalue weighted by Crippen LogP contribution is -2.60. The van der Waals surface area contributed by atoms with Gasteiger partial charge in [-0.1, -0.05) is 93.5 Å². The van der Waals surface area contributed by atoms with Crippen LogP contribution in [0.25, 0.3) is 0 Å². The quantitative estimate of drug-likeness (QED) is 0.0229. The molecule has 2 aromatic carbocycles. The molecule has 0 aliphatic carbocycles. The SMILES string of the molecule is CC(C)C[C@H](NC(=O)[C@H](CC(C)C)NC(=O)[C@H](CCCN=C(N)N)NC(=O)[C@H](CC(C)C)NC(=O)[C@H](CC(C)C)NC(=O)[C@H](CC(C)C)NC(=O)[C@@H](N)CCCN=C(N)N)C(=O)N[C@@H](Cc1ccc(O)cc1)C(=O)NCC(=O)N[C@@H](Cc1ccc(O)cc1)C(=O)O. The van der Waals surface area contributed by atoms with Crippen LogP contribution in [0.3, 0.4) is 0 Å². The first-order chi connectivity index (χ1) is 42.6. The summed E-state index contributed by atoms with van der Waals surface area (Å²) in [6, 6.07) is 0.194. The number of amides is 9. The fourth-order valence-corrected chi connectivity index (χ4v) is 9.53. The van der Waals surface area contributed by atoms with Crippen molar-refractivity contribution in [2.24, 2.45) is 68.2 Å². The number of benzene rings is 2. The van der Waals surface area contributed by atoms with Crippen LogP contribution < -0.4 is 76.5 Å². The van der Waals surface area contributed by atoms with Crippen molar-refractivity contribution >= 4 is 71.1 Å². The van der Waals surface area contributed by atoms with Crippen molar-refractivity contribution < 1.29 is 63.3 Å². The Bertz CT molecular complexity index is 2750. The molecule has 0 aliphatic rings. The van der Waals surface area contributed by atoms with Crippen LogP contribution in [-0.4, -0.2) is 160 Å². The molecule has 508 valence electrons. The van der Waals surface area contributed by atoms with Crippen molar-refractivity contribution in [1.82, 2.24) is 47.9 Å². The molecule has 0 aromatic heterocycles. The molecule has 22 N–H and O–H groups in total. The van der Waals surface area contributed by atoms with Gasteiger partial charge in [0.05, 0.1) is 12.6 Å². The molecule has 91 heavy (non-hydrogen) atoms. The second kappa shape index (κ2) is 40.1. The zero-order chi connectivity index (χ0) is 68.7. The molecule has 9 amide bonds. The first-order valence-electron chi connectivity index (χ1n) is 31.0. The van der Waals surface area contributed by atoms with E-state index in [2.05, 4.69) is 57.8 Å². The van der Waals surface area contributed by atoms with Crippen molar-refractivity contribution in [3.05, 3.63) is 59.7 Å². The number of phenolic OH excluding ortho intramolecular Hbond substituents is 2. The highest BCUT2D eigenvalue weighted by atomic mass is 16.4. The monoisotopic (exact) mass is 1280 g/mol. The Morgan fingerprint density at radius 1 is 0.396 bits per heavy atom. The van der Waals surface area contributed by atoms with Crippen LogP contribution in [0.15, 0.2) is 58.5 Å². The van der Waals surface area contributed by atoms with Crippen LogP contribution in [0.5, 0.6) is 11.5 Å². The summed E-state index contributed by atoms with van der Waals surface area (Å²) < 4.78 is 0. The Labute approximate surface area is 533 Å². The van der Waals surface area contributed by atoms with Gasteiger partial charge in [0.2, 0.25) is 53.2 Å². The number of rotatable bonds is 41. The number of carboxylic acids is 1. The molecule has 2 rings (SSSR count). The van der Waals surface area contributed by atoms with Gasteiger partial charge in [0.1, 0.15) is 59.8 Å². The molecule has 29 heteroatoms. The third-order valence-corrected chi connectivity index (χ3v) is 14.0. The Morgan fingerprint density at radius 2 is 0.692 bits per heavy atom. The van der Waals surface area contributed by atoms with Crippen LogP contribution in [0.2, 0.25) is 0 Å². The first-order valence-corrected chi connectivity index (χ1v) is 31.0. The van der Waals surface area contributed by atoms with Gasteiger partial charge < -0.3 is 91.8 Å². The molecule has 0 radical (unpaired) electrons. The summed E-state index contributed by atoms with van der Waals surface area (Å²) in [5, 5.41) is 53.6. The normalized spacial score (nSPS) is 14.2. The number of carboxylic acid groups (broad SMARTS) is 1. The number of aliphatic carboxylic acids is 1. The lowest BCUT2D eigenvalue weighted by atomic mass is 9.98. The maximum atomic E-state index is 14.6. The number of nitrogens with one attached hydrogen (secondary N) is 9. The maximum Gasteiger partial charge on any atom is 0.326 e. The Kier molecular flexibility index (Phi) is 34.5. The number of guanidine groups is 2. The van der Waals surface area contributed by atoms with Gasteiger partial charge in [0.15, 0.2) is 11.9 Å². The van der Waals surface area contributed by atoms with Crippen LogP contribution in [-0.2, 0) is 60.8 Å². The molecule has 9 atom stereocenters. The third-order valence-electron chi connectivity index (χ3n) is 14.0. The Morgan fingerprint density at radius 3 is 1.02 bits per heavy atom. The highest BCUT2D eigenvalue weighted by Crippen LogP contribution is 2.17. The van der Waals surface area contributed by atoms with Crippen LogP contribution in [0.1, 0.15) is 138 Å². The predicted octanol–water partition coefficient (Wildman–Crippen LogP) is -0.373. The van der Waals surface area contributed by atoms with Gasteiger partial charge >= 0.3 is 5.97 Å². The molecule has 0 unspecified atom stereocenters. The Hall–Kier alpha value is -8.76. The molecular weight excluding hydrogens is 1180 g/mol. The number of hydrogen-bond donors (Lipinski definition) is 17. The molecule has 2 aromatic rings. The minimum Gasteiger partial charge on any atom is -0.508 e. The van der Waals surface area contributed by atoms with Crippen molar-refractivity contribution in [1.29, 1.82) is 0 Å². The predicted molar refractivity (Wildman–Crippen MR) is 345 cm³/mol. The summed E-state index contributed by atoms with van der Waals surface area (Å²) in [5.74, 6) is -9.50. The smallest absolute Gasteiger partial charge is 0.326 e. The van der Waals surface area contributed by atoms with Crippen molar-refractivity contribution in [3.8, 4) is 11.5 Å². The molecule has 29 nitrogen and oxygen atoms in total. The van der Waals surface area contributed by atoms with E-state index >= 15 is 0 Å². The highest BCUT2D eigenvalue weighted by Gasteiger charge is 2.36. The van der Waals surface area contributed by atoms with Gasteiger partial charge in [0, 0.05) is 25.9 Å². The highest BCUT2D eigenvalue weighted by molar-refractivity contribution is 5.98. The van der Waals surface area contributed by atoms with Crippen molar-refractivity contribution in [2.45, 2.75) is 194 Å². The van der Waals surface area contributed by atoms with E-state index in [0.29, 0.717) is 17.5 Å². The number of carbonyl (C=O) groups excluding carboxylic acids is 9. The molecule has 0 spiro atoms. The number of carbonyl (C=O) groups is 10. The second-order valence-electron chi connectivity index (χ2n) is 25.0. The molecule has 0 heterocycles. The van der Waals surface area contributed by atoms with Crippen LogP contribution in [0.4, 0.5) is 0 Å². The zero-order valence-corrected chi connectivity index (χ0v) is 54.3. The fourth-order valence-electron chi connectivity index (χ4n) is 9.53. The van der Waals surface area contributed by atoms with E-state index in [1.165, 1.54) is 48.5 Å². The molecule has 0 aliphatic heterocycles. The molecular formula is C62H102N16O13. The summed E-state index contributed by atoms with van der Waals surface area (Å²) in [6.07, 6.45) is 0.895. The van der Waals surface area contributed by atoms with Gasteiger partial charge in [-0.05, 0) is 123 Å². The van der Waals surface area contributed by atoms with E-state index < -0.39 is 120 Å². The summed E-state index contributed by atoms with van der Waals surface area (Å²) in [6.45, 7) is 17.8. The van der Waals surface area contributed by atoms with E-state index in [9.17, 15) is 63.3 Å². The summed E-state index contributed by atoms with van der Waals surface area (Å²) >= 11 is 0. The minimum atomic E-state index is -1.41. The molecule has 0 fully saturated rings. The lowest BCUT2D eigenvalue weighted by molar-refractivity contribution is -0.141. The average molecular weight is 1280 g/mol. The number of nitrogens with two attached hydrogens (primary N) is 5. The fraction of sp³-hybridized carbons (Fsp3) is 0.613. The maximum absolute atomic E-state index is 14.6. The van der Waals surface area contributed by atoms with Crippen LogP contribution in [0, 0.1) is 29.6 Å². The molecule has 0 saturated carbocycles. The van der Waals surface area contributed by atoms with Gasteiger partial charge in [-0.25, -0.2) is 4.79 Å². The van der Waals surface area contributed by atoms with E-state index in [4.69, 9.17) is 28.7 Å². The first kappa shape index (κ1) is 78.3. The van der Waals surface area contributed by atoms with Gasteiger partial charge in [0.25, 0.3) is 0 Å². The molecule has 0 saturated heterocycles. The minimum absolute atomic E-state index is 0.0368. The summed E-state index contributed by atoms with van der Waals surface area (Å²) in [5.41, 5.74) is 29.1. The lowest BCUT2D eigenvalue weighted by Gasteiger charge is -2.29.